The molecule has 0 radical (unpaired) electrons. The van der Waals surface area contributed by atoms with Gasteiger partial charge in [0.1, 0.15) is 0 Å². The molecule has 2 aliphatic carbocycles. The number of fused-ring (bicyclic) bond motifs is 2. The average molecular weight is 159 g/mol. The van der Waals surface area contributed by atoms with Gasteiger partial charge >= 0.3 is 0 Å². The van der Waals surface area contributed by atoms with Crippen LogP contribution in [0.25, 0.3) is 0 Å². The van der Waals surface area contributed by atoms with Crippen LogP contribution in [0.1, 0.15) is 33.1 Å². The molecule has 2 rings (SSSR count). The lowest BCUT2D eigenvalue weighted by Crippen LogP contribution is -2.19. The zero-order valence-corrected chi connectivity index (χ0v) is 7.49. The van der Waals surface area contributed by atoms with Gasteiger partial charge < -0.3 is 0 Å². The minimum Gasteiger partial charge on any atom is -0.123 e. The van der Waals surface area contributed by atoms with E-state index >= 15 is 0 Å². The third-order valence-corrected chi connectivity index (χ3v) is 4.26. The summed E-state index contributed by atoms with van der Waals surface area (Å²) in [6, 6.07) is 0. The Hall–Kier alpha value is 0.290. The van der Waals surface area contributed by atoms with Gasteiger partial charge in [0.2, 0.25) is 0 Å². The summed E-state index contributed by atoms with van der Waals surface area (Å²) >= 11 is 6.19. The van der Waals surface area contributed by atoms with E-state index in [2.05, 4.69) is 13.8 Å². The van der Waals surface area contributed by atoms with E-state index in [1.165, 1.54) is 19.3 Å². The van der Waals surface area contributed by atoms with Gasteiger partial charge in [0.25, 0.3) is 0 Å². The van der Waals surface area contributed by atoms with Gasteiger partial charge in [0.05, 0.1) is 0 Å². The maximum absolute atomic E-state index is 6.19. The summed E-state index contributed by atoms with van der Waals surface area (Å²) in [6.07, 6.45) is 4.09. The Morgan fingerprint density at radius 2 is 2.00 bits per heavy atom. The van der Waals surface area contributed by atoms with Crippen molar-refractivity contribution in [1.82, 2.24) is 0 Å². The molecule has 3 atom stereocenters. The van der Waals surface area contributed by atoms with E-state index in [0.29, 0.717) is 10.8 Å². The minimum absolute atomic E-state index is 0.494. The summed E-state index contributed by atoms with van der Waals surface area (Å²) in [5.74, 6) is 1.75. The van der Waals surface area contributed by atoms with Crippen molar-refractivity contribution in [3.05, 3.63) is 0 Å². The molecular weight excluding hydrogens is 144 g/mol. The quantitative estimate of drug-likeness (QED) is 0.476. The fraction of sp³-hybridized carbons (Fsp3) is 1.00. The zero-order chi connectivity index (χ0) is 7.35. The van der Waals surface area contributed by atoms with Crippen LogP contribution in [0.15, 0.2) is 0 Å². The summed E-state index contributed by atoms with van der Waals surface area (Å²) in [5.41, 5.74) is 0.562. The van der Waals surface area contributed by atoms with Crippen LogP contribution >= 0.6 is 11.6 Å². The summed E-state index contributed by atoms with van der Waals surface area (Å²) in [4.78, 5) is 0. The summed E-state index contributed by atoms with van der Waals surface area (Å²) in [7, 11) is 0. The van der Waals surface area contributed by atoms with Crippen LogP contribution in [0.2, 0.25) is 0 Å². The van der Waals surface area contributed by atoms with E-state index < -0.39 is 0 Å². The molecular formula is C9H15Cl. The monoisotopic (exact) mass is 158 g/mol. The highest BCUT2D eigenvalue weighted by Gasteiger charge is 2.52. The largest absolute Gasteiger partial charge is 0.123 e. The second-order valence-electron chi connectivity index (χ2n) is 4.45. The van der Waals surface area contributed by atoms with Crippen LogP contribution in [-0.2, 0) is 0 Å². The van der Waals surface area contributed by atoms with Gasteiger partial charge in [-0.15, -0.1) is 11.6 Å². The molecule has 0 aromatic carbocycles. The van der Waals surface area contributed by atoms with E-state index in [1.54, 1.807) is 0 Å². The van der Waals surface area contributed by atoms with E-state index in [9.17, 15) is 0 Å². The maximum Gasteiger partial charge on any atom is 0.0372 e. The molecule has 2 aliphatic rings. The fourth-order valence-electron chi connectivity index (χ4n) is 2.93. The molecule has 0 spiro atoms. The molecule has 10 heavy (non-hydrogen) atoms. The molecule has 0 heterocycles. The summed E-state index contributed by atoms with van der Waals surface area (Å²) in [5, 5.41) is 0.494. The Balaban J connectivity index is 2.27. The van der Waals surface area contributed by atoms with E-state index in [4.69, 9.17) is 11.6 Å². The molecule has 0 saturated heterocycles. The van der Waals surface area contributed by atoms with Crippen LogP contribution in [0, 0.1) is 17.3 Å². The molecule has 0 unspecified atom stereocenters. The SMILES string of the molecule is CC1(C)[C@@H]2CC[C@H]1[C@H](Cl)C2. The lowest BCUT2D eigenvalue weighted by atomic mass is 9.82. The topological polar surface area (TPSA) is 0 Å². The molecule has 2 fully saturated rings. The highest BCUT2D eigenvalue weighted by Crippen LogP contribution is 2.58. The molecule has 58 valence electrons. The highest BCUT2D eigenvalue weighted by molar-refractivity contribution is 6.21. The Morgan fingerprint density at radius 3 is 2.20 bits per heavy atom. The van der Waals surface area contributed by atoms with Crippen molar-refractivity contribution in [2.45, 2.75) is 38.5 Å². The lowest BCUT2D eigenvalue weighted by Gasteiger charge is -2.24. The smallest absolute Gasteiger partial charge is 0.0372 e. The van der Waals surface area contributed by atoms with Crippen LogP contribution < -0.4 is 0 Å². The number of hydrogen-bond donors (Lipinski definition) is 0. The van der Waals surface area contributed by atoms with Crippen molar-refractivity contribution in [3.63, 3.8) is 0 Å². The fourth-order valence-corrected chi connectivity index (χ4v) is 3.60. The summed E-state index contributed by atoms with van der Waals surface area (Å²) < 4.78 is 0. The van der Waals surface area contributed by atoms with Gasteiger partial charge in [-0.1, -0.05) is 13.8 Å². The lowest BCUT2D eigenvalue weighted by molar-refractivity contribution is 0.260. The third-order valence-electron chi connectivity index (χ3n) is 3.78. The molecule has 0 nitrogen and oxygen atoms in total. The Morgan fingerprint density at radius 1 is 1.30 bits per heavy atom. The first-order chi connectivity index (χ1) is 4.62. The van der Waals surface area contributed by atoms with Crippen molar-refractivity contribution in [3.8, 4) is 0 Å². The molecule has 1 heteroatoms. The molecule has 0 aromatic heterocycles. The van der Waals surface area contributed by atoms with E-state index in [0.717, 1.165) is 11.8 Å². The van der Waals surface area contributed by atoms with Crippen LogP contribution in [0.4, 0.5) is 0 Å². The van der Waals surface area contributed by atoms with Crippen LogP contribution in [0.5, 0.6) is 0 Å². The van der Waals surface area contributed by atoms with Crippen molar-refractivity contribution in [2.75, 3.05) is 0 Å². The van der Waals surface area contributed by atoms with Gasteiger partial charge in [-0.25, -0.2) is 0 Å². The summed E-state index contributed by atoms with van der Waals surface area (Å²) in [6.45, 7) is 4.77. The highest BCUT2D eigenvalue weighted by atomic mass is 35.5. The van der Waals surface area contributed by atoms with Gasteiger partial charge in [-0.3, -0.25) is 0 Å². The first-order valence-corrected chi connectivity index (χ1v) is 4.70. The standard InChI is InChI=1S/C9H15Cl/c1-9(2)6-3-4-7(9)8(10)5-6/h6-8H,3-5H2,1-2H3/t6-,7+,8-/m1/s1. The minimum atomic E-state index is 0.494. The Labute approximate surface area is 68.0 Å². The van der Waals surface area contributed by atoms with Crippen molar-refractivity contribution in [2.24, 2.45) is 17.3 Å². The molecule has 0 amide bonds. The maximum atomic E-state index is 6.19. The Kier molecular flexibility index (Phi) is 1.33. The normalized spacial score (nSPS) is 50.1. The molecule has 2 saturated carbocycles. The zero-order valence-electron chi connectivity index (χ0n) is 6.73. The first kappa shape index (κ1) is 6.97. The Bertz CT molecular complexity index is 151. The number of alkyl halides is 1. The molecule has 0 aromatic rings. The number of hydrogen-bond acceptors (Lipinski definition) is 0. The predicted octanol–water partition coefficient (Wildman–Crippen LogP) is 3.05. The van der Waals surface area contributed by atoms with Gasteiger partial charge in [0, 0.05) is 5.38 Å². The van der Waals surface area contributed by atoms with Gasteiger partial charge in [-0.05, 0) is 36.5 Å². The van der Waals surface area contributed by atoms with Crippen molar-refractivity contribution >= 4 is 11.6 Å². The molecule has 0 aliphatic heterocycles. The van der Waals surface area contributed by atoms with Crippen LogP contribution in [0.3, 0.4) is 0 Å². The molecule has 0 N–H and O–H groups in total. The second kappa shape index (κ2) is 1.91. The van der Waals surface area contributed by atoms with E-state index in [1.807, 2.05) is 0 Å². The average Bonchev–Trinajstić information content (AvgIpc) is 2.20. The van der Waals surface area contributed by atoms with Gasteiger partial charge in [-0.2, -0.15) is 0 Å². The first-order valence-electron chi connectivity index (χ1n) is 4.26. The molecule has 2 bridgehead atoms. The van der Waals surface area contributed by atoms with Crippen LogP contribution in [-0.4, -0.2) is 5.38 Å². The van der Waals surface area contributed by atoms with Crippen molar-refractivity contribution in [1.29, 1.82) is 0 Å². The number of halogens is 1. The predicted molar refractivity (Wildman–Crippen MR) is 44.3 cm³/mol. The van der Waals surface area contributed by atoms with E-state index in [-0.39, 0.29) is 0 Å². The van der Waals surface area contributed by atoms with Gasteiger partial charge in [0.15, 0.2) is 0 Å². The third kappa shape index (κ3) is 0.689. The second-order valence-corrected chi connectivity index (χ2v) is 5.01. The van der Waals surface area contributed by atoms with Crippen molar-refractivity contribution < 1.29 is 0 Å². The number of rotatable bonds is 0.